The summed E-state index contributed by atoms with van der Waals surface area (Å²) >= 11 is 0. The maximum absolute atomic E-state index is 12.1. The van der Waals surface area contributed by atoms with Crippen molar-refractivity contribution in [2.45, 2.75) is 40.0 Å². The summed E-state index contributed by atoms with van der Waals surface area (Å²) in [6, 6.07) is 1.73. The Hall–Kier alpha value is -1.65. The van der Waals surface area contributed by atoms with Gasteiger partial charge in [-0.3, -0.25) is 4.79 Å². The molecule has 0 saturated carbocycles. The number of nitrogens with zero attached hydrogens (tertiary/aromatic N) is 3. The Kier molecular flexibility index (Phi) is 6.85. The van der Waals surface area contributed by atoms with Crippen molar-refractivity contribution in [2.75, 3.05) is 25.0 Å². The summed E-state index contributed by atoms with van der Waals surface area (Å²) in [5, 5.41) is 3.23. The summed E-state index contributed by atoms with van der Waals surface area (Å²) in [4.78, 5) is 22.1. The normalized spacial score (nSPS) is 10.3. The van der Waals surface area contributed by atoms with Crippen LogP contribution in [0.1, 0.15) is 50.5 Å². The number of carbonyl (C=O) groups is 1. The van der Waals surface area contributed by atoms with Crippen molar-refractivity contribution in [1.82, 2.24) is 14.9 Å². The second-order valence-electron chi connectivity index (χ2n) is 4.40. The summed E-state index contributed by atoms with van der Waals surface area (Å²) in [5.41, 5.74) is 0.455. The number of aromatic nitrogens is 2. The van der Waals surface area contributed by atoms with Crippen LogP contribution in [0, 0.1) is 0 Å². The zero-order chi connectivity index (χ0) is 14.1. The number of nitrogens with one attached hydrogen (secondary N) is 1. The second-order valence-corrected chi connectivity index (χ2v) is 4.40. The molecule has 5 heteroatoms. The fraction of sp³-hybridized carbons (Fsp3) is 0.643. The Balaban J connectivity index is 2.63. The molecule has 0 unspecified atom stereocenters. The number of hydrogen-bond acceptors (Lipinski definition) is 4. The molecule has 0 aliphatic carbocycles. The molecule has 0 fully saturated rings. The van der Waals surface area contributed by atoms with Crippen LogP contribution in [0.5, 0.6) is 0 Å². The van der Waals surface area contributed by atoms with Gasteiger partial charge in [0.05, 0.1) is 0 Å². The van der Waals surface area contributed by atoms with Crippen LogP contribution in [-0.4, -0.2) is 40.4 Å². The van der Waals surface area contributed by atoms with E-state index in [1.165, 1.54) is 19.2 Å². The van der Waals surface area contributed by atoms with Gasteiger partial charge in [-0.1, -0.05) is 19.8 Å². The number of amides is 1. The van der Waals surface area contributed by atoms with Gasteiger partial charge in [0.1, 0.15) is 17.8 Å². The largest absolute Gasteiger partial charge is 0.370 e. The molecule has 106 valence electrons. The second kappa shape index (κ2) is 8.45. The quantitative estimate of drug-likeness (QED) is 0.733. The van der Waals surface area contributed by atoms with Gasteiger partial charge in [0, 0.05) is 25.7 Å². The van der Waals surface area contributed by atoms with E-state index in [0.717, 1.165) is 18.8 Å². The van der Waals surface area contributed by atoms with Crippen LogP contribution in [0.3, 0.4) is 0 Å². The minimum atomic E-state index is -0.0380. The first-order chi connectivity index (χ1) is 9.22. The Labute approximate surface area is 115 Å². The standard InChI is InChI=1S/C14H24N4O/c1-4-7-8-9-15-13-10-12(16-11-17-13)14(19)18(5-2)6-3/h10-11H,4-9H2,1-3H3,(H,15,16,17). The van der Waals surface area contributed by atoms with Crippen LogP contribution in [0.15, 0.2) is 12.4 Å². The molecule has 0 saturated heterocycles. The Bertz CT molecular complexity index is 391. The fourth-order valence-electron chi connectivity index (χ4n) is 1.84. The maximum Gasteiger partial charge on any atom is 0.272 e. The predicted octanol–water partition coefficient (Wildman–Crippen LogP) is 2.56. The third-order valence-electron chi connectivity index (χ3n) is 3.02. The molecule has 1 amide bonds. The topological polar surface area (TPSA) is 58.1 Å². The molecule has 0 spiro atoms. The molecular formula is C14H24N4O. The van der Waals surface area contributed by atoms with Gasteiger partial charge in [0.15, 0.2) is 0 Å². The minimum Gasteiger partial charge on any atom is -0.370 e. The lowest BCUT2D eigenvalue weighted by molar-refractivity contribution is 0.0767. The van der Waals surface area contributed by atoms with E-state index in [4.69, 9.17) is 0 Å². The minimum absolute atomic E-state index is 0.0380. The Morgan fingerprint density at radius 2 is 1.95 bits per heavy atom. The predicted molar refractivity (Wildman–Crippen MR) is 77.3 cm³/mol. The van der Waals surface area contributed by atoms with E-state index in [2.05, 4.69) is 22.2 Å². The van der Waals surface area contributed by atoms with Crippen molar-refractivity contribution in [3.8, 4) is 0 Å². The van der Waals surface area contributed by atoms with Gasteiger partial charge in [0.2, 0.25) is 0 Å². The highest BCUT2D eigenvalue weighted by Crippen LogP contribution is 2.07. The van der Waals surface area contributed by atoms with Gasteiger partial charge in [-0.2, -0.15) is 0 Å². The summed E-state index contributed by atoms with van der Waals surface area (Å²) < 4.78 is 0. The molecule has 19 heavy (non-hydrogen) atoms. The van der Waals surface area contributed by atoms with Crippen molar-refractivity contribution in [2.24, 2.45) is 0 Å². The number of hydrogen-bond donors (Lipinski definition) is 1. The van der Waals surface area contributed by atoms with Crippen LogP contribution in [0.4, 0.5) is 5.82 Å². The summed E-state index contributed by atoms with van der Waals surface area (Å²) in [6.07, 6.45) is 4.94. The van der Waals surface area contributed by atoms with E-state index in [-0.39, 0.29) is 5.91 Å². The van der Waals surface area contributed by atoms with Crippen LogP contribution < -0.4 is 5.32 Å². The van der Waals surface area contributed by atoms with Gasteiger partial charge in [-0.15, -0.1) is 0 Å². The zero-order valence-corrected chi connectivity index (χ0v) is 12.1. The Morgan fingerprint density at radius 1 is 1.21 bits per heavy atom. The summed E-state index contributed by atoms with van der Waals surface area (Å²) in [5.74, 6) is 0.686. The van der Waals surface area contributed by atoms with Gasteiger partial charge >= 0.3 is 0 Å². The lowest BCUT2D eigenvalue weighted by atomic mass is 10.2. The molecule has 1 N–H and O–H groups in total. The van der Waals surface area contributed by atoms with E-state index in [1.54, 1.807) is 11.0 Å². The monoisotopic (exact) mass is 264 g/mol. The molecule has 1 rings (SSSR count). The molecule has 0 radical (unpaired) electrons. The SMILES string of the molecule is CCCCCNc1cc(C(=O)N(CC)CC)ncn1. The highest BCUT2D eigenvalue weighted by molar-refractivity contribution is 5.92. The van der Waals surface area contributed by atoms with Gasteiger partial charge in [0.25, 0.3) is 5.91 Å². The van der Waals surface area contributed by atoms with Gasteiger partial charge < -0.3 is 10.2 Å². The van der Waals surface area contributed by atoms with E-state index < -0.39 is 0 Å². The van der Waals surface area contributed by atoms with Gasteiger partial charge in [-0.25, -0.2) is 9.97 Å². The van der Waals surface area contributed by atoms with E-state index in [0.29, 0.717) is 18.8 Å². The van der Waals surface area contributed by atoms with Crippen LogP contribution in [0.2, 0.25) is 0 Å². The average Bonchev–Trinajstić information content (AvgIpc) is 2.45. The lowest BCUT2D eigenvalue weighted by Crippen LogP contribution is -2.31. The third kappa shape index (κ3) is 4.85. The van der Waals surface area contributed by atoms with E-state index in [9.17, 15) is 4.79 Å². The average molecular weight is 264 g/mol. The van der Waals surface area contributed by atoms with Crippen molar-refractivity contribution < 1.29 is 4.79 Å². The van der Waals surface area contributed by atoms with Crippen molar-refractivity contribution >= 4 is 11.7 Å². The molecule has 0 aliphatic heterocycles. The van der Waals surface area contributed by atoms with Crippen molar-refractivity contribution in [3.05, 3.63) is 18.1 Å². The molecular weight excluding hydrogens is 240 g/mol. The third-order valence-corrected chi connectivity index (χ3v) is 3.02. The molecule has 0 aliphatic rings. The highest BCUT2D eigenvalue weighted by atomic mass is 16.2. The molecule has 0 atom stereocenters. The van der Waals surface area contributed by atoms with Crippen molar-refractivity contribution in [1.29, 1.82) is 0 Å². The fourth-order valence-corrected chi connectivity index (χ4v) is 1.84. The molecule has 5 nitrogen and oxygen atoms in total. The van der Waals surface area contributed by atoms with Crippen LogP contribution in [0.25, 0.3) is 0 Å². The molecule has 1 heterocycles. The molecule has 1 aromatic heterocycles. The number of unbranched alkanes of at least 4 members (excludes halogenated alkanes) is 2. The van der Waals surface area contributed by atoms with Crippen LogP contribution >= 0.6 is 0 Å². The molecule has 0 aromatic carbocycles. The summed E-state index contributed by atoms with van der Waals surface area (Å²) in [7, 11) is 0. The van der Waals surface area contributed by atoms with Gasteiger partial charge in [-0.05, 0) is 20.3 Å². The summed E-state index contributed by atoms with van der Waals surface area (Å²) in [6.45, 7) is 8.37. The first kappa shape index (κ1) is 15.4. The smallest absolute Gasteiger partial charge is 0.272 e. The maximum atomic E-state index is 12.1. The van der Waals surface area contributed by atoms with E-state index >= 15 is 0 Å². The highest BCUT2D eigenvalue weighted by Gasteiger charge is 2.14. The first-order valence-electron chi connectivity index (χ1n) is 7.08. The Morgan fingerprint density at radius 3 is 2.58 bits per heavy atom. The first-order valence-corrected chi connectivity index (χ1v) is 7.08. The number of carbonyl (C=O) groups excluding carboxylic acids is 1. The van der Waals surface area contributed by atoms with Crippen LogP contribution in [-0.2, 0) is 0 Å². The lowest BCUT2D eigenvalue weighted by Gasteiger charge is -2.18. The molecule has 1 aromatic rings. The zero-order valence-electron chi connectivity index (χ0n) is 12.1. The van der Waals surface area contributed by atoms with E-state index in [1.807, 2.05) is 13.8 Å². The number of rotatable bonds is 8. The molecule has 0 bridgehead atoms. The van der Waals surface area contributed by atoms with Crippen molar-refractivity contribution in [3.63, 3.8) is 0 Å². The number of anilines is 1.